The molecule has 1 fully saturated rings. The fourth-order valence-electron chi connectivity index (χ4n) is 2.78. The second-order valence-corrected chi connectivity index (χ2v) is 8.33. The van der Waals surface area contributed by atoms with Crippen molar-refractivity contribution in [2.24, 2.45) is 0 Å². The van der Waals surface area contributed by atoms with Gasteiger partial charge in [-0.3, -0.25) is 4.79 Å². The van der Waals surface area contributed by atoms with Crippen LogP contribution in [0.4, 0.5) is 5.69 Å². The van der Waals surface area contributed by atoms with Crippen molar-refractivity contribution in [1.29, 1.82) is 0 Å². The Morgan fingerprint density at radius 3 is 2.83 bits per heavy atom. The van der Waals surface area contributed by atoms with Crippen LogP contribution in [0.25, 0.3) is 0 Å². The third-order valence-corrected chi connectivity index (χ3v) is 6.06. The Balaban J connectivity index is 1.78. The molecule has 1 N–H and O–H groups in total. The highest BCUT2D eigenvalue weighted by atomic mass is 127. The maximum absolute atomic E-state index is 12.7. The third kappa shape index (κ3) is 4.26. The zero-order chi connectivity index (χ0) is 16.2. The molecule has 0 atom stereocenters. The Bertz CT molecular complexity index is 714. The quantitative estimate of drug-likeness (QED) is 0.661. The molecule has 1 aromatic carbocycles. The van der Waals surface area contributed by atoms with Crippen molar-refractivity contribution in [3.05, 3.63) is 51.2 Å². The van der Waals surface area contributed by atoms with E-state index in [0.29, 0.717) is 10.8 Å². The van der Waals surface area contributed by atoms with Crippen molar-refractivity contribution in [3.8, 4) is 0 Å². The lowest BCUT2D eigenvalue weighted by atomic mass is 10.2. The molecule has 5 heteroatoms. The average Bonchev–Trinajstić information content (AvgIpc) is 3.03. The van der Waals surface area contributed by atoms with Gasteiger partial charge in [-0.2, -0.15) is 0 Å². The van der Waals surface area contributed by atoms with Gasteiger partial charge in [0.05, 0.1) is 5.56 Å². The van der Waals surface area contributed by atoms with E-state index in [4.69, 9.17) is 0 Å². The van der Waals surface area contributed by atoms with Gasteiger partial charge >= 0.3 is 0 Å². The van der Waals surface area contributed by atoms with Gasteiger partial charge in [-0.15, -0.1) is 11.8 Å². The predicted octanol–water partition coefficient (Wildman–Crippen LogP) is 5.28. The molecular formula is C18H19IN2OS. The summed E-state index contributed by atoms with van der Waals surface area (Å²) >= 11 is 4.02. The van der Waals surface area contributed by atoms with Gasteiger partial charge in [-0.05, 0) is 78.3 Å². The molecule has 1 amide bonds. The van der Waals surface area contributed by atoms with Crippen molar-refractivity contribution >= 4 is 45.9 Å². The standard InChI is InChI=1S/C18H19IN2OS/c1-12-11-13(19)8-9-16(12)21-17(22)15-7-4-10-20-18(15)23-14-5-2-3-6-14/h4,7-11,14H,2-3,5-6H2,1H3,(H,21,22). The summed E-state index contributed by atoms with van der Waals surface area (Å²) in [4.78, 5) is 17.1. The Morgan fingerprint density at radius 2 is 2.09 bits per heavy atom. The summed E-state index contributed by atoms with van der Waals surface area (Å²) in [7, 11) is 0. The lowest BCUT2D eigenvalue weighted by molar-refractivity contribution is 0.102. The number of benzene rings is 1. The van der Waals surface area contributed by atoms with E-state index in [9.17, 15) is 4.79 Å². The van der Waals surface area contributed by atoms with Crippen LogP contribution in [0.3, 0.4) is 0 Å². The summed E-state index contributed by atoms with van der Waals surface area (Å²) in [6, 6.07) is 9.71. The van der Waals surface area contributed by atoms with Crippen LogP contribution in [0.2, 0.25) is 0 Å². The summed E-state index contributed by atoms with van der Waals surface area (Å²) in [6.45, 7) is 2.01. The Morgan fingerprint density at radius 1 is 1.30 bits per heavy atom. The van der Waals surface area contributed by atoms with Crippen LogP contribution in [0, 0.1) is 10.5 Å². The van der Waals surface area contributed by atoms with Gasteiger partial charge in [0, 0.05) is 20.7 Å². The van der Waals surface area contributed by atoms with Crippen molar-refractivity contribution in [3.63, 3.8) is 0 Å². The number of aryl methyl sites for hydroxylation is 1. The molecule has 0 bridgehead atoms. The molecule has 0 aliphatic heterocycles. The number of aromatic nitrogens is 1. The maximum atomic E-state index is 12.7. The number of pyridine rings is 1. The number of thioether (sulfide) groups is 1. The normalized spacial score (nSPS) is 14.9. The summed E-state index contributed by atoms with van der Waals surface area (Å²) < 4.78 is 1.16. The van der Waals surface area contributed by atoms with Gasteiger partial charge in [0.2, 0.25) is 0 Å². The largest absolute Gasteiger partial charge is 0.322 e. The van der Waals surface area contributed by atoms with Crippen molar-refractivity contribution in [2.75, 3.05) is 5.32 Å². The number of nitrogens with one attached hydrogen (secondary N) is 1. The molecule has 3 rings (SSSR count). The fraction of sp³-hybridized carbons (Fsp3) is 0.333. The van der Waals surface area contributed by atoms with Crippen LogP contribution in [0.15, 0.2) is 41.6 Å². The number of rotatable bonds is 4. The van der Waals surface area contributed by atoms with Crippen LogP contribution in [-0.2, 0) is 0 Å². The Kier molecular flexibility index (Phi) is 5.58. The molecule has 3 nitrogen and oxygen atoms in total. The molecule has 1 aromatic heterocycles. The van der Waals surface area contributed by atoms with Crippen LogP contribution in [0.1, 0.15) is 41.6 Å². The van der Waals surface area contributed by atoms with Gasteiger partial charge in [0.1, 0.15) is 5.03 Å². The Labute approximate surface area is 154 Å². The van der Waals surface area contributed by atoms with Crippen LogP contribution < -0.4 is 5.32 Å². The number of amides is 1. The SMILES string of the molecule is Cc1cc(I)ccc1NC(=O)c1cccnc1SC1CCCC1. The second-order valence-electron chi connectivity index (χ2n) is 5.79. The first kappa shape index (κ1) is 16.8. The molecule has 1 aliphatic carbocycles. The van der Waals surface area contributed by atoms with Gasteiger partial charge in [0.15, 0.2) is 0 Å². The van der Waals surface area contributed by atoms with Gasteiger partial charge in [-0.25, -0.2) is 4.98 Å². The molecule has 2 aromatic rings. The molecule has 23 heavy (non-hydrogen) atoms. The van der Waals surface area contributed by atoms with E-state index in [1.54, 1.807) is 18.0 Å². The minimum atomic E-state index is -0.0806. The summed E-state index contributed by atoms with van der Waals surface area (Å²) in [5.74, 6) is -0.0806. The topological polar surface area (TPSA) is 42.0 Å². The number of hydrogen-bond donors (Lipinski definition) is 1. The number of carbonyl (C=O) groups is 1. The highest BCUT2D eigenvalue weighted by molar-refractivity contribution is 14.1. The molecule has 1 aliphatic rings. The van der Waals surface area contributed by atoms with Crippen molar-refractivity contribution in [1.82, 2.24) is 4.98 Å². The minimum Gasteiger partial charge on any atom is -0.322 e. The van der Waals surface area contributed by atoms with Gasteiger partial charge in [-0.1, -0.05) is 12.8 Å². The number of nitrogens with zero attached hydrogens (tertiary/aromatic N) is 1. The number of anilines is 1. The summed E-state index contributed by atoms with van der Waals surface area (Å²) in [5.41, 5.74) is 2.59. The zero-order valence-electron chi connectivity index (χ0n) is 13.0. The number of carbonyl (C=O) groups excluding carboxylic acids is 1. The molecule has 120 valence electrons. The highest BCUT2D eigenvalue weighted by Gasteiger charge is 2.21. The van der Waals surface area contributed by atoms with E-state index in [0.717, 1.165) is 19.8 Å². The number of hydrogen-bond acceptors (Lipinski definition) is 3. The molecule has 0 radical (unpaired) electrons. The van der Waals surface area contributed by atoms with E-state index >= 15 is 0 Å². The second kappa shape index (κ2) is 7.66. The first-order chi connectivity index (χ1) is 11.1. The highest BCUT2D eigenvalue weighted by Crippen LogP contribution is 2.35. The van der Waals surface area contributed by atoms with Crippen LogP contribution in [0.5, 0.6) is 0 Å². The van der Waals surface area contributed by atoms with E-state index in [1.807, 2.05) is 31.2 Å². The molecule has 0 unspecified atom stereocenters. The molecule has 0 spiro atoms. The maximum Gasteiger partial charge on any atom is 0.258 e. The Hall–Kier alpha value is -1.08. The fourth-order valence-corrected chi connectivity index (χ4v) is 4.72. The monoisotopic (exact) mass is 438 g/mol. The molecular weight excluding hydrogens is 419 g/mol. The third-order valence-electron chi connectivity index (χ3n) is 4.03. The lowest BCUT2D eigenvalue weighted by Crippen LogP contribution is -2.15. The van der Waals surface area contributed by atoms with E-state index < -0.39 is 0 Å². The van der Waals surface area contributed by atoms with Crippen LogP contribution in [-0.4, -0.2) is 16.1 Å². The lowest BCUT2D eigenvalue weighted by Gasteiger charge is -2.13. The summed E-state index contributed by atoms with van der Waals surface area (Å²) in [6.07, 6.45) is 6.78. The average molecular weight is 438 g/mol. The smallest absolute Gasteiger partial charge is 0.258 e. The van der Waals surface area contributed by atoms with Crippen molar-refractivity contribution < 1.29 is 4.79 Å². The molecule has 0 saturated heterocycles. The van der Waals surface area contributed by atoms with Crippen molar-refractivity contribution in [2.45, 2.75) is 42.9 Å². The molecule has 1 heterocycles. The molecule has 1 saturated carbocycles. The predicted molar refractivity (Wildman–Crippen MR) is 104 cm³/mol. The summed E-state index contributed by atoms with van der Waals surface area (Å²) in [5, 5.41) is 4.46. The first-order valence-corrected chi connectivity index (χ1v) is 9.78. The van der Waals surface area contributed by atoms with E-state index in [1.165, 1.54) is 25.7 Å². The van der Waals surface area contributed by atoms with Gasteiger partial charge in [0.25, 0.3) is 5.91 Å². The van der Waals surface area contributed by atoms with Gasteiger partial charge < -0.3 is 5.32 Å². The van der Waals surface area contributed by atoms with E-state index in [-0.39, 0.29) is 5.91 Å². The van der Waals surface area contributed by atoms with Crippen LogP contribution >= 0.6 is 34.4 Å². The number of halogens is 1. The zero-order valence-corrected chi connectivity index (χ0v) is 16.0. The first-order valence-electron chi connectivity index (χ1n) is 7.82. The minimum absolute atomic E-state index is 0.0806. The van der Waals surface area contributed by atoms with E-state index in [2.05, 4.69) is 39.0 Å².